The summed E-state index contributed by atoms with van der Waals surface area (Å²) < 4.78 is 0. The zero-order chi connectivity index (χ0) is 7.61. The summed E-state index contributed by atoms with van der Waals surface area (Å²) in [7, 11) is 0. The van der Waals surface area contributed by atoms with Crippen molar-refractivity contribution in [1.29, 1.82) is 0 Å². The summed E-state index contributed by atoms with van der Waals surface area (Å²) in [5.41, 5.74) is 1.40. The molecule has 0 bridgehead atoms. The number of hydrogen-bond donors (Lipinski definition) is 1. The molecule has 1 heterocycles. The standard InChI is InChI=1S/C8H13NS/c1-8(2,3)9-7-4-5-10-6-7/h4-6,9H,1-3H3. The second-order valence-corrected chi connectivity index (χ2v) is 4.17. The first-order valence-electron chi connectivity index (χ1n) is 3.38. The molecule has 0 saturated heterocycles. The third-order valence-corrected chi connectivity index (χ3v) is 1.72. The molecular weight excluding hydrogens is 142 g/mol. The zero-order valence-electron chi connectivity index (χ0n) is 6.64. The average Bonchev–Trinajstić information content (AvgIpc) is 2.12. The van der Waals surface area contributed by atoms with E-state index < -0.39 is 0 Å². The lowest BCUT2D eigenvalue weighted by Crippen LogP contribution is -2.25. The Bertz CT molecular complexity index is 184. The van der Waals surface area contributed by atoms with Crippen LogP contribution < -0.4 is 5.32 Å². The first-order valence-corrected chi connectivity index (χ1v) is 4.32. The normalized spacial score (nSPS) is 11.5. The van der Waals surface area contributed by atoms with Crippen molar-refractivity contribution in [1.82, 2.24) is 0 Å². The fourth-order valence-electron chi connectivity index (χ4n) is 0.769. The lowest BCUT2D eigenvalue weighted by molar-refractivity contribution is 0.634. The van der Waals surface area contributed by atoms with Gasteiger partial charge in [0.15, 0.2) is 0 Å². The van der Waals surface area contributed by atoms with E-state index in [-0.39, 0.29) is 5.54 Å². The second kappa shape index (κ2) is 2.62. The van der Waals surface area contributed by atoms with E-state index in [4.69, 9.17) is 0 Å². The van der Waals surface area contributed by atoms with Crippen molar-refractivity contribution < 1.29 is 0 Å². The molecule has 10 heavy (non-hydrogen) atoms. The van der Waals surface area contributed by atoms with Crippen molar-refractivity contribution >= 4 is 17.0 Å². The van der Waals surface area contributed by atoms with E-state index in [1.54, 1.807) is 11.3 Å². The lowest BCUT2D eigenvalue weighted by Gasteiger charge is -2.20. The van der Waals surface area contributed by atoms with Gasteiger partial charge in [0.2, 0.25) is 0 Å². The summed E-state index contributed by atoms with van der Waals surface area (Å²) >= 11 is 1.72. The highest BCUT2D eigenvalue weighted by atomic mass is 32.1. The van der Waals surface area contributed by atoms with Gasteiger partial charge in [-0.3, -0.25) is 0 Å². The van der Waals surface area contributed by atoms with Gasteiger partial charge in [-0.05, 0) is 32.2 Å². The summed E-state index contributed by atoms with van der Waals surface area (Å²) in [6.45, 7) is 6.47. The summed E-state index contributed by atoms with van der Waals surface area (Å²) in [5.74, 6) is 0. The molecule has 0 unspecified atom stereocenters. The van der Waals surface area contributed by atoms with Crippen LogP contribution in [0.4, 0.5) is 5.69 Å². The Labute approximate surface area is 66.1 Å². The molecular formula is C8H13NS. The summed E-state index contributed by atoms with van der Waals surface area (Å²) in [6.07, 6.45) is 0. The van der Waals surface area contributed by atoms with Crippen molar-refractivity contribution in [3.63, 3.8) is 0 Å². The van der Waals surface area contributed by atoms with E-state index in [0.717, 1.165) is 0 Å². The van der Waals surface area contributed by atoms with E-state index in [1.807, 2.05) is 0 Å². The number of anilines is 1. The maximum Gasteiger partial charge on any atom is 0.0452 e. The van der Waals surface area contributed by atoms with Crippen molar-refractivity contribution in [3.8, 4) is 0 Å². The Morgan fingerprint density at radius 1 is 1.40 bits per heavy atom. The van der Waals surface area contributed by atoms with E-state index >= 15 is 0 Å². The first kappa shape index (κ1) is 7.61. The van der Waals surface area contributed by atoms with Gasteiger partial charge in [-0.1, -0.05) is 0 Å². The molecule has 56 valence electrons. The monoisotopic (exact) mass is 155 g/mol. The molecule has 0 spiro atoms. The van der Waals surface area contributed by atoms with Gasteiger partial charge in [0.1, 0.15) is 0 Å². The SMILES string of the molecule is CC(C)(C)Nc1ccsc1. The number of rotatable bonds is 1. The highest BCUT2D eigenvalue weighted by molar-refractivity contribution is 7.08. The predicted octanol–water partition coefficient (Wildman–Crippen LogP) is 2.96. The van der Waals surface area contributed by atoms with Crippen LogP contribution in [-0.4, -0.2) is 5.54 Å². The van der Waals surface area contributed by atoms with Crippen LogP contribution in [0.25, 0.3) is 0 Å². The molecule has 0 amide bonds. The molecule has 1 rings (SSSR count). The van der Waals surface area contributed by atoms with Crippen LogP contribution in [0.15, 0.2) is 16.8 Å². The molecule has 0 radical (unpaired) electrons. The van der Waals surface area contributed by atoms with Gasteiger partial charge in [0.25, 0.3) is 0 Å². The van der Waals surface area contributed by atoms with Gasteiger partial charge in [0, 0.05) is 16.6 Å². The molecule has 2 heteroatoms. The number of nitrogens with one attached hydrogen (secondary N) is 1. The maximum atomic E-state index is 3.37. The van der Waals surface area contributed by atoms with Crippen LogP contribution in [0, 0.1) is 0 Å². The Morgan fingerprint density at radius 2 is 2.10 bits per heavy atom. The Morgan fingerprint density at radius 3 is 2.50 bits per heavy atom. The molecule has 1 aromatic rings. The molecule has 0 aliphatic rings. The summed E-state index contributed by atoms with van der Waals surface area (Å²) in [6, 6.07) is 2.09. The van der Waals surface area contributed by atoms with Crippen molar-refractivity contribution in [2.45, 2.75) is 26.3 Å². The largest absolute Gasteiger partial charge is 0.380 e. The van der Waals surface area contributed by atoms with Crippen LogP contribution in [0.1, 0.15) is 20.8 Å². The lowest BCUT2D eigenvalue weighted by atomic mass is 10.1. The number of thiophene rings is 1. The fourth-order valence-corrected chi connectivity index (χ4v) is 1.36. The Kier molecular flexibility index (Phi) is 2.00. The molecule has 0 fully saturated rings. The topological polar surface area (TPSA) is 12.0 Å². The smallest absolute Gasteiger partial charge is 0.0452 e. The van der Waals surface area contributed by atoms with Crippen LogP contribution in [0.3, 0.4) is 0 Å². The molecule has 0 aliphatic heterocycles. The van der Waals surface area contributed by atoms with Gasteiger partial charge >= 0.3 is 0 Å². The van der Waals surface area contributed by atoms with Crippen molar-refractivity contribution in [3.05, 3.63) is 16.8 Å². The molecule has 0 atom stereocenters. The minimum absolute atomic E-state index is 0.182. The van der Waals surface area contributed by atoms with Gasteiger partial charge in [-0.2, -0.15) is 11.3 Å². The quantitative estimate of drug-likeness (QED) is 0.657. The van der Waals surface area contributed by atoms with E-state index in [0.29, 0.717) is 0 Å². The van der Waals surface area contributed by atoms with Crippen LogP contribution >= 0.6 is 11.3 Å². The third kappa shape index (κ3) is 2.40. The Balaban J connectivity index is 2.57. The minimum Gasteiger partial charge on any atom is -0.380 e. The summed E-state index contributed by atoms with van der Waals surface area (Å²) in [5, 5.41) is 7.57. The maximum absolute atomic E-state index is 3.37. The van der Waals surface area contributed by atoms with Crippen molar-refractivity contribution in [2.75, 3.05) is 5.32 Å². The minimum atomic E-state index is 0.182. The molecule has 1 nitrogen and oxygen atoms in total. The highest BCUT2D eigenvalue weighted by Gasteiger charge is 2.08. The van der Waals surface area contributed by atoms with Gasteiger partial charge in [-0.15, -0.1) is 0 Å². The van der Waals surface area contributed by atoms with E-state index in [9.17, 15) is 0 Å². The highest BCUT2D eigenvalue weighted by Crippen LogP contribution is 2.16. The van der Waals surface area contributed by atoms with Gasteiger partial charge in [0.05, 0.1) is 0 Å². The van der Waals surface area contributed by atoms with E-state index in [1.165, 1.54) is 5.69 Å². The summed E-state index contributed by atoms with van der Waals surface area (Å²) in [4.78, 5) is 0. The van der Waals surface area contributed by atoms with Crippen LogP contribution in [-0.2, 0) is 0 Å². The Hall–Kier alpha value is -0.500. The first-order chi connectivity index (χ1) is 4.58. The third-order valence-electron chi connectivity index (χ3n) is 1.04. The molecule has 1 aromatic heterocycles. The number of hydrogen-bond acceptors (Lipinski definition) is 2. The zero-order valence-corrected chi connectivity index (χ0v) is 7.46. The predicted molar refractivity (Wildman–Crippen MR) is 47.7 cm³/mol. The fraction of sp³-hybridized carbons (Fsp3) is 0.500. The van der Waals surface area contributed by atoms with E-state index in [2.05, 4.69) is 42.9 Å². The van der Waals surface area contributed by atoms with Crippen LogP contribution in [0.5, 0.6) is 0 Å². The van der Waals surface area contributed by atoms with Crippen LogP contribution in [0.2, 0.25) is 0 Å². The van der Waals surface area contributed by atoms with Gasteiger partial charge < -0.3 is 5.32 Å². The second-order valence-electron chi connectivity index (χ2n) is 3.39. The molecule has 0 aliphatic carbocycles. The average molecular weight is 155 g/mol. The molecule has 0 saturated carbocycles. The van der Waals surface area contributed by atoms with Crippen molar-refractivity contribution in [2.24, 2.45) is 0 Å². The molecule has 1 N–H and O–H groups in total. The van der Waals surface area contributed by atoms with Gasteiger partial charge in [-0.25, -0.2) is 0 Å². The molecule has 0 aromatic carbocycles.